The summed E-state index contributed by atoms with van der Waals surface area (Å²) in [5, 5.41) is 0. The maximum atomic E-state index is 12.5. The summed E-state index contributed by atoms with van der Waals surface area (Å²) in [6.07, 6.45) is 4.90. The number of piperidine rings is 1. The molecule has 0 spiro atoms. The molecule has 1 aliphatic heterocycles. The summed E-state index contributed by atoms with van der Waals surface area (Å²) in [5.41, 5.74) is 1.09. The molecule has 1 aromatic carbocycles. The van der Waals surface area contributed by atoms with Crippen LogP contribution in [0.3, 0.4) is 0 Å². The molecule has 1 amide bonds. The van der Waals surface area contributed by atoms with E-state index in [2.05, 4.69) is 17.0 Å². The third-order valence-electron chi connectivity index (χ3n) is 5.66. The molecule has 0 aliphatic carbocycles. The standard InChI is InChI=1S/C23H31N3O3/c1-24(23(28)18-26-14-6-5-11-22(26)27)16-19-8-7-13-25(17-19)15-12-20-9-3-4-10-21(20)29-2/h3-6,9-11,14,19H,7-8,12-13,15-18H2,1-2H3. The molecule has 1 fully saturated rings. The fourth-order valence-electron chi connectivity index (χ4n) is 4.04. The Kier molecular flexibility index (Phi) is 7.47. The van der Waals surface area contributed by atoms with Gasteiger partial charge in [0.2, 0.25) is 5.91 Å². The number of pyridine rings is 1. The second-order valence-electron chi connectivity index (χ2n) is 7.81. The maximum Gasteiger partial charge on any atom is 0.250 e. The molecule has 29 heavy (non-hydrogen) atoms. The van der Waals surface area contributed by atoms with Gasteiger partial charge in [-0.1, -0.05) is 24.3 Å². The van der Waals surface area contributed by atoms with Crippen LogP contribution in [0.5, 0.6) is 5.75 Å². The first-order valence-electron chi connectivity index (χ1n) is 10.3. The molecule has 1 aromatic heterocycles. The average Bonchev–Trinajstić information content (AvgIpc) is 2.74. The van der Waals surface area contributed by atoms with Crippen LogP contribution in [0.4, 0.5) is 0 Å². The number of carbonyl (C=O) groups excluding carboxylic acids is 1. The molecule has 156 valence electrons. The lowest BCUT2D eigenvalue weighted by Gasteiger charge is -2.35. The van der Waals surface area contributed by atoms with Crippen molar-refractivity contribution < 1.29 is 9.53 Å². The number of aromatic nitrogens is 1. The van der Waals surface area contributed by atoms with E-state index in [0.717, 1.165) is 51.2 Å². The zero-order valence-corrected chi connectivity index (χ0v) is 17.4. The highest BCUT2D eigenvalue weighted by Gasteiger charge is 2.23. The molecular weight excluding hydrogens is 366 g/mol. The summed E-state index contributed by atoms with van der Waals surface area (Å²) in [6, 6.07) is 13.1. The second-order valence-corrected chi connectivity index (χ2v) is 7.81. The molecule has 6 heteroatoms. The highest BCUT2D eigenvalue weighted by molar-refractivity contribution is 5.75. The summed E-state index contributed by atoms with van der Waals surface area (Å²) >= 11 is 0. The monoisotopic (exact) mass is 397 g/mol. The van der Waals surface area contributed by atoms with Gasteiger partial charge in [-0.15, -0.1) is 0 Å². The molecule has 3 rings (SSSR count). The average molecular weight is 398 g/mol. The molecule has 2 aromatic rings. The molecule has 1 atom stereocenters. The van der Waals surface area contributed by atoms with Crippen LogP contribution >= 0.6 is 0 Å². The minimum absolute atomic E-state index is 0.0237. The maximum absolute atomic E-state index is 12.5. The zero-order valence-electron chi connectivity index (χ0n) is 17.4. The minimum Gasteiger partial charge on any atom is -0.496 e. The zero-order chi connectivity index (χ0) is 20.6. The number of likely N-dealkylation sites (tertiary alicyclic amines) is 1. The lowest BCUT2D eigenvalue weighted by atomic mass is 9.97. The predicted octanol–water partition coefficient (Wildman–Crippen LogP) is 2.27. The third-order valence-corrected chi connectivity index (χ3v) is 5.66. The van der Waals surface area contributed by atoms with Gasteiger partial charge in [-0.25, -0.2) is 0 Å². The minimum atomic E-state index is -0.144. The number of amides is 1. The van der Waals surface area contributed by atoms with Gasteiger partial charge < -0.3 is 19.1 Å². The van der Waals surface area contributed by atoms with E-state index in [9.17, 15) is 9.59 Å². The Hall–Kier alpha value is -2.60. The fraction of sp³-hybridized carbons (Fsp3) is 0.478. The number of carbonyl (C=O) groups is 1. The van der Waals surface area contributed by atoms with E-state index in [-0.39, 0.29) is 18.0 Å². The van der Waals surface area contributed by atoms with Crippen molar-refractivity contribution in [2.75, 3.05) is 40.3 Å². The Morgan fingerprint density at radius 1 is 1.21 bits per heavy atom. The molecule has 6 nitrogen and oxygen atoms in total. The largest absolute Gasteiger partial charge is 0.496 e. The van der Waals surface area contributed by atoms with Crippen molar-refractivity contribution in [2.24, 2.45) is 5.92 Å². The molecule has 0 bridgehead atoms. The molecule has 1 unspecified atom stereocenters. The topological polar surface area (TPSA) is 54.8 Å². The summed E-state index contributed by atoms with van der Waals surface area (Å²) in [5.74, 6) is 1.38. The van der Waals surface area contributed by atoms with Crippen LogP contribution in [-0.2, 0) is 17.8 Å². The van der Waals surface area contributed by atoms with Gasteiger partial charge >= 0.3 is 0 Å². The van der Waals surface area contributed by atoms with Crippen LogP contribution in [0.1, 0.15) is 18.4 Å². The number of para-hydroxylation sites is 1. The van der Waals surface area contributed by atoms with Crippen LogP contribution in [0.2, 0.25) is 0 Å². The number of ether oxygens (including phenoxy) is 1. The molecule has 0 radical (unpaired) electrons. The smallest absolute Gasteiger partial charge is 0.250 e. The van der Waals surface area contributed by atoms with Crippen LogP contribution < -0.4 is 10.3 Å². The van der Waals surface area contributed by atoms with Crippen molar-refractivity contribution >= 4 is 5.91 Å². The lowest BCUT2D eigenvalue weighted by molar-refractivity contribution is -0.131. The molecule has 2 heterocycles. The first-order chi connectivity index (χ1) is 14.1. The number of hydrogen-bond acceptors (Lipinski definition) is 4. The second kappa shape index (κ2) is 10.3. The quantitative estimate of drug-likeness (QED) is 0.686. The van der Waals surface area contributed by atoms with Gasteiger partial charge in [0.15, 0.2) is 0 Å². The van der Waals surface area contributed by atoms with Crippen molar-refractivity contribution in [2.45, 2.75) is 25.8 Å². The van der Waals surface area contributed by atoms with Crippen molar-refractivity contribution in [3.05, 3.63) is 64.6 Å². The summed E-state index contributed by atoms with van der Waals surface area (Å²) in [7, 11) is 3.55. The van der Waals surface area contributed by atoms with Crippen molar-refractivity contribution in [1.82, 2.24) is 14.4 Å². The van der Waals surface area contributed by atoms with Crippen molar-refractivity contribution in [1.29, 1.82) is 0 Å². The molecule has 1 aliphatic rings. The summed E-state index contributed by atoms with van der Waals surface area (Å²) in [4.78, 5) is 28.6. The van der Waals surface area contributed by atoms with E-state index in [1.54, 1.807) is 30.3 Å². The first-order valence-corrected chi connectivity index (χ1v) is 10.3. The van der Waals surface area contributed by atoms with Gasteiger partial charge in [-0.2, -0.15) is 0 Å². The van der Waals surface area contributed by atoms with E-state index in [1.807, 2.05) is 19.2 Å². The summed E-state index contributed by atoms with van der Waals surface area (Å²) in [6.45, 7) is 3.92. The van der Waals surface area contributed by atoms with Crippen LogP contribution in [-0.4, -0.2) is 60.6 Å². The van der Waals surface area contributed by atoms with Gasteiger partial charge in [0, 0.05) is 38.9 Å². The Morgan fingerprint density at radius 3 is 2.79 bits per heavy atom. The van der Waals surface area contributed by atoms with Gasteiger partial charge in [0.25, 0.3) is 5.56 Å². The number of likely N-dealkylation sites (N-methyl/N-ethyl adjacent to an activating group) is 1. The number of methoxy groups -OCH3 is 1. The lowest BCUT2D eigenvalue weighted by Crippen LogP contribution is -2.43. The number of hydrogen-bond donors (Lipinski definition) is 0. The van der Waals surface area contributed by atoms with Gasteiger partial charge in [0.05, 0.1) is 7.11 Å². The highest BCUT2D eigenvalue weighted by Crippen LogP contribution is 2.21. The van der Waals surface area contributed by atoms with E-state index >= 15 is 0 Å². The van der Waals surface area contributed by atoms with Crippen molar-refractivity contribution in [3.8, 4) is 5.75 Å². The van der Waals surface area contributed by atoms with Crippen molar-refractivity contribution in [3.63, 3.8) is 0 Å². The van der Waals surface area contributed by atoms with Crippen LogP contribution in [0.15, 0.2) is 53.5 Å². The number of rotatable bonds is 8. The van der Waals surface area contributed by atoms with E-state index < -0.39 is 0 Å². The molecule has 0 N–H and O–H groups in total. The van der Waals surface area contributed by atoms with Gasteiger partial charge in [-0.3, -0.25) is 9.59 Å². The van der Waals surface area contributed by atoms with Crippen LogP contribution in [0.25, 0.3) is 0 Å². The summed E-state index contributed by atoms with van der Waals surface area (Å²) < 4.78 is 6.91. The predicted molar refractivity (Wildman–Crippen MR) is 114 cm³/mol. The van der Waals surface area contributed by atoms with Gasteiger partial charge in [0.1, 0.15) is 12.3 Å². The van der Waals surface area contributed by atoms with E-state index in [1.165, 1.54) is 16.2 Å². The number of benzene rings is 1. The van der Waals surface area contributed by atoms with Gasteiger partial charge in [-0.05, 0) is 49.4 Å². The SMILES string of the molecule is COc1ccccc1CCN1CCCC(CN(C)C(=O)Cn2ccccc2=O)C1. The Labute approximate surface area is 172 Å². The highest BCUT2D eigenvalue weighted by atomic mass is 16.5. The van der Waals surface area contributed by atoms with E-state index in [0.29, 0.717) is 5.92 Å². The molecule has 0 saturated carbocycles. The van der Waals surface area contributed by atoms with E-state index in [4.69, 9.17) is 4.74 Å². The third kappa shape index (κ3) is 5.94. The molecule has 1 saturated heterocycles. The van der Waals surface area contributed by atoms with Crippen LogP contribution in [0, 0.1) is 5.92 Å². The fourth-order valence-corrected chi connectivity index (χ4v) is 4.04. The Morgan fingerprint density at radius 2 is 2.00 bits per heavy atom. The Bertz CT molecular complexity index is 864. The normalized spacial score (nSPS) is 17.1. The Balaban J connectivity index is 1.49. The first kappa shape index (κ1) is 21.1. The number of nitrogens with zero attached hydrogens (tertiary/aromatic N) is 3. The molecular formula is C23H31N3O3.